The lowest BCUT2D eigenvalue weighted by molar-refractivity contribution is -0.121. The highest BCUT2D eigenvalue weighted by atomic mass is 32.1. The normalized spacial score (nSPS) is 10.6. The Morgan fingerprint density at radius 2 is 2.04 bits per heavy atom. The summed E-state index contributed by atoms with van der Waals surface area (Å²) in [5, 5.41) is 7.00. The summed E-state index contributed by atoms with van der Waals surface area (Å²) in [7, 11) is 0. The average Bonchev–Trinajstić information content (AvgIpc) is 3.15. The zero-order chi connectivity index (χ0) is 17.8. The van der Waals surface area contributed by atoms with Crippen LogP contribution in [-0.2, 0) is 17.9 Å². The van der Waals surface area contributed by atoms with Gasteiger partial charge in [-0.2, -0.15) is 11.3 Å². The van der Waals surface area contributed by atoms with Crippen molar-refractivity contribution in [2.45, 2.75) is 26.9 Å². The van der Waals surface area contributed by atoms with Crippen LogP contribution in [0.3, 0.4) is 0 Å². The maximum absolute atomic E-state index is 12.2. The third-order valence-electron chi connectivity index (χ3n) is 4.15. The maximum atomic E-state index is 12.2. The molecule has 2 aromatic heterocycles. The fourth-order valence-corrected chi connectivity index (χ4v) is 3.22. The summed E-state index contributed by atoms with van der Waals surface area (Å²) in [6, 6.07) is 10.0. The number of carbonyl (C=O) groups is 1. The van der Waals surface area contributed by atoms with Gasteiger partial charge in [0.1, 0.15) is 6.54 Å². The van der Waals surface area contributed by atoms with E-state index < -0.39 is 0 Å². The van der Waals surface area contributed by atoms with Gasteiger partial charge in [0.25, 0.3) is 5.56 Å². The molecule has 0 saturated carbocycles. The summed E-state index contributed by atoms with van der Waals surface area (Å²) in [5.74, 6) is -0.215. The van der Waals surface area contributed by atoms with E-state index in [1.165, 1.54) is 10.9 Å². The fourth-order valence-electron chi connectivity index (χ4n) is 2.57. The second-order valence-electron chi connectivity index (χ2n) is 5.83. The van der Waals surface area contributed by atoms with Crippen molar-refractivity contribution in [3.63, 3.8) is 0 Å². The van der Waals surface area contributed by atoms with Gasteiger partial charge in [0, 0.05) is 17.8 Å². The number of amides is 1. The molecule has 3 rings (SSSR count). The molecule has 5 nitrogen and oxygen atoms in total. The fraction of sp³-hybridized carbons (Fsp3) is 0.211. The molecule has 25 heavy (non-hydrogen) atoms. The van der Waals surface area contributed by atoms with Crippen LogP contribution in [0.2, 0.25) is 0 Å². The molecule has 0 radical (unpaired) electrons. The quantitative estimate of drug-likeness (QED) is 0.767. The molecule has 3 aromatic rings. The van der Waals surface area contributed by atoms with Crippen LogP contribution < -0.4 is 10.9 Å². The van der Waals surface area contributed by atoms with Gasteiger partial charge < -0.3 is 5.32 Å². The maximum Gasteiger partial charge on any atom is 0.256 e. The van der Waals surface area contributed by atoms with Crippen LogP contribution in [0.4, 0.5) is 0 Å². The molecule has 0 bridgehead atoms. The molecule has 6 heteroatoms. The van der Waals surface area contributed by atoms with E-state index in [4.69, 9.17) is 0 Å². The smallest absolute Gasteiger partial charge is 0.256 e. The first-order chi connectivity index (χ1) is 12.1. The van der Waals surface area contributed by atoms with Crippen molar-refractivity contribution in [1.29, 1.82) is 0 Å². The zero-order valence-electron chi connectivity index (χ0n) is 14.2. The Hall–Kier alpha value is -2.73. The topological polar surface area (TPSA) is 64.0 Å². The van der Waals surface area contributed by atoms with E-state index in [2.05, 4.69) is 21.7 Å². The van der Waals surface area contributed by atoms with E-state index >= 15 is 0 Å². The van der Waals surface area contributed by atoms with Crippen molar-refractivity contribution in [3.05, 3.63) is 74.6 Å². The Balaban J connectivity index is 1.70. The Labute approximate surface area is 150 Å². The van der Waals surface area contributed by atoms with Gasteiger partial charge in [-0.3, -0.25) is 14.2 Å². The molecular weight excluding hydrogens is 334 g/mol. The molecule has 2 heterocycles. The molecule has 0 aliphatic heterocycles. The Kier molecular flexibility index (Phi) is 5.09. The Morgan fingerprint density at radius 3 is 2.80 bits per heavy atom. The van der Waals surface area contributed by atoms with Crippen LogP contribution in [0.15, 0.2) is 52.2 Å². The van der Waals surface area contributed by atoms with Crippen LogP contribution in [0, 0.1) is 13.8 Å². The minimum atomic E-state index is -0.215. The molecule has 1 aromatic carbocycles. The predicted molar refractivity (Wildman–Crippen MR) is 99.6 cm³/mol. The third kappa shape index (κ3) is 3.85. The second-order valence-corrected chi connectivity index (χ2v) is 6.61. The van der Waals surface area contributed by atoms with E-state index in [1.807, 2.05) is 29.6 Å². The highest BCUT2D eigenvalue weighted by Gasteiger charge is 2.10. The van der Waals surface area contributed by atoms with Crippen molar-refractivity contribution < 1.29 is 4.79 Å². The van der Waals surface area contributed by atoms with E-state index in [0.717, 1.165) is 16.7 Å². The molecule has 0 aliphatic rings. The molecule has 0 aliphatic carbocycles. The van der Waals surface area contributed by atoms with Crippen LogP contribution in [0.5, 0.6) is 0 Å². The number of aryl methyl sites for hydroxylation is 1. The number of carbonyl (C=O) groups excluding carboxylic acids is 1. The Morgan fingerprint density at radius 1 is 1.24 bits per heavy atom. The number of hydrogen-bond donors (Lipinski definition) is 1. The molecule has 0 unspecified atom stereocenters. The minimum absolute atomic E-state index is 0.0342. The summed E-state index contributed by atoms with van der Waals surface area (Å²) in [6.07, 6.45) is 1.42. The number of hydrogen-bond acceptors (Lipinski definition) is 4. The first-order valence-electron chi connectivity index (χ1n) is 7.96. The lowest BCUT2D eigenvalue weighted by atomic mass is 10.0. The number of thiophene rings is 1. The van der Waals surface area contributed by atoms with Crippen molar-refractivity contribution in [2.75, 3.05) is 0 Å². The molecule has 0 fully saturated rings. The highest BCUT2D eigenvalue weighted by Crippen LogP contribution is 2.25. The lowest BCUT2D eigenvalue weighted by Gasteiger charge is -2.11. The van der Waals surface area contributed by atoms with Gasteiger partial charge in [0.05, 0.1) is 6.33 Å². The molecular formula is C19H19N3O2S. The predicted octanol–water partition coefficient (Wildman–Crippen LogP) is 2.91. The molecule has 1 amide bonds. The van der Waals surface area contributed by atoms with E-state index in [9.17, 15) is 9.59 Å². The van der Waals surface area contributed by atoms with Gasteiger partial charge in [-0.15, -0.1) is 0 Å². The van der Waals surface area contributed by atoms with Gasteiger partial charge in [-0.25, -0.2) is 4.98 Å². The number of nitrogens with zero attached hydrogens (tertiary/aromatic N) is 2. The first kappa shape index (κ1) is 17.1. The van der Waals surface area contributed by atoms with Gasteiger partial charge in [-0.05, 0) is 47.4 Å². The van der Waals surface area contributed by atoms with E-state index in [0.29, 0.717) is 17.8 Å². The van der Waals surface area contributed by atoms with Crippen molar-refractivity contribution >= 4 is 17.2 Å². The number of nitrogens with one attached hydrogen (secondary N) is 1. The molecule has 0 atom stereocenters. The molecule has 128 valence electrons. The SMILES string of the molecule is Cc1ncn(CC(=O)NCc2ccccc2-c2ccsc2)c(=O)c1C. The van der Waals surface area contributed by atoms with Gasteiger partial charge in [0.2, 0.25) is 5.91 Å². The Bertz CT molecular complexity index is 946. The summed E-state index contributed by atoms with van der Waals surface area (Å²) in [4.78, 5) is 28.5. The van der Waals surface area contributed by atoms with Crippen molar-refractivity contribution in [3.8, 4) is 11.1 Å². The van der Waals surface area contributed by atoms with Gasteiger partial charge in [0.15, 0.2) is 0 Å². The molecule has 0 saturated heterocycles. The minimum Gasteiger partial charge on any atom is -0.350 e. The largest absolute Gasteiger partial charge is 0.350 e. The summed E-state index contributed by atoms with van der Waals surface area (Å²) in [6.45, 7) is 3.88. The number of rotatable bonds is 5. The monoisotopic (exact) mass is 353 g/mol. The number of benzene rings is 1. The number of aromatic nitrogens is 2. The van der Waals surface area contributed by atoms with Crippen LogP contribution >= 0.6 is 11.3 Å². The van der Waals surface area contributed by atoms with E-state index in [1.54, 1.807) is 25.2 Å². The zero-order valence-corrected chi connectivity index (χ0v) is 15.0. The van der Waals surface area contributed by atoms with Crippen LogP contribution in [-0.4, -0.2) is 15.5 Å². The lowest BCUT2D eigenvalue weighted by Crippen LogP contribution is -2.33. The van der Waals surface area contributed by atoms with Gasteiger partial charge in [-0.1, -0.05) is 24.3 Å². The average molecular weight is 353 g/mol. The standard InChI is InChI=1S/C19H19N3O2S/c1-13-14(2)21-12-22(19(13)24)10-18(23)20-9-15-5-3-4-6-17(15)16-7-8-25-11-16/h3-8,11-12H,9-10H2,1-2H3,(H,20,23). The van der Waals surface area contributed by atoms with Crippen LogP contribution in [0.25, 0.3) is 11.1 Å². The van der Waals surface area contributed by atoms with Crippen molar-refractivity contribution in [1.82, 2.24) is 14.9 Å². The molecule has 0 spiro atoms. The summed E-state index contributed by atoms with van der Waals surface area (Å²) in [5.41, 5.74) is 4.36. The second kappa shape index (κ2) is 7.44. The first-order valence-corrected chi connectivity index (χ1v) is 8.90. The highest BCUT2D eigenvalue weighted by molar-refractivity contribution is 7.08. The molecule has 1 N–H and O–H groups in total. The third-order valence-corrected chi connectivity index (χ3v) is 4.84. The van der Waals surface area contributed by atoms with Crippen molar-refractivity contribution in [2.24, 2.45) is 0 Å². The summed E-state index contributed by atoms with van der Waals surface area (Å²) < 4.78 is 1.34. The summed E-state index contributed by atoms with van der Waals surface area (Å²) >= 11 is 1.64. The van der Waals surface area contributed by atoms with E-state index in [-0.39, 0.29) is 18.0 Å². The van der Waals surface area contributed by atoms with Crippen LogP contribution in [0.1, 0.15) is 16.8 Å². The van der Waals surface area contributed by atoms with Gasteiger partial charge >= 0.3 is 0 Å².